The van der Waals surface area contributed by atoms with E-state index in [1.165, 1.54) is 19.1 Å². The number of alkyl halides is 3. The Hall–Kier alpha value is -1.92. The Kier molecular flexibility index (Phi) is 3.78. The van der Waals surface area contributed by atoms with Crippen molar-refractivity contribution in [1.29, 1.82) is 0 Å². The summed E-state index contributed by atoms with van der Waals surface area (Å²) in [6.07, 6.45) is -4.44. The van der Waals surface area contributed by atoms with E-state index in [0.717, 1.165) is 6.07 Å². The number of halogens is 3. The highest BCUT2D eigenvalue weighted by Gasteiger charge is 2.35. The number of anilines is 2. The van der Waals surface area contributed by atoms with Crippen molar-refractivity contribution >= 4 is 17.3 Å². The van der Waals surface area contributed by atoms with Crippen molar-refractivity contribution in [3.8, 4) is 0 Å². The number of hydrogen-bond donors (Lipinski definition) is 1. The number of hydrogen-bond acceptors (Lipinski definition) is 3. The van der Waals surface area contributed by atoms with Crippen LogP contribution in [0.25, 0.3) is 0 Å². The summed E-state index contributed by atoms with van der Waals surface area (Å²) in [5.41, 5.74) is 4.92. The number of carbonyl (C=O) groups excluding carboxylic acids is 1. The van der Waals surface area contributed by atoms with E-state index < -0.39 is 11.7 Å². The minimum absolute atomic E-state index is 0.0574. The van der Waals surface area contributed by atoms with Crippen molar-refractivity contribution in [3.05, 3.63) is 23.8 Å². The number of nitrogen functional groups attached to an aromatic ring is 1. The van der Waals surface area contributed by atoms with Crippen molar-refractivity contribution < 1.29 is 18.0 Å². The molecule has 0 unspecified atom stereocenters. The number of amides is 1. The lowest BCUT2D eigenvalue weighted by Gasteiger charge is -2.36. The molecule has 0 atom stereocenters. The van der Waals surface area contributed by atoms with Gasteiger partial charge in [-0.05, 0) is 18.2 Å². The normalized spacial score (nSPS) is 16.4. The predicted molar refractivity (Wildman–Crippen MR) is 70.3 cm³/mol. The molecule has 0 spiro atoms. The molecule has 0 aromatic heterocycles. The average Bonchev–Trinajstić information content (AvgIpc) is 2.38. The minimum Gasteiger partial charge on any atom is -0.399 e. The quantitative estimate of drug-likeness (QED) is 0.803. The van der Waals surface area contributed by atoms with Gasteiger partial charge in [0.15, 0.2) is 0 Å². The van der Waals surface area contributed by atoms with Crippen LogP contribution in [0.2, 0.25) is 0 Å². The third kappa shape index (κ3) is 2.97. The Morgan fingerprint density at radius 1 is 1.20 bits per heavy atom. The number of carbonyl (C=O) groups is 1. The van der Waals surface area contributed by atoms with Gasteiger partial charge in [-0.1, -0.05) is 0 Å². The molecule has 1 aromatic carbocycles. The van der Waals surface area contributed by atoms with Crippen molar-refractivity contribution in [2.45, 2.75) is 13.1 Å². The molecule has 0 radical (unpaired) electrons. The number of rotatable bonds is 1. The Bertz CT molecular complexity index is 508. The number of benzene rings is 1. The van der Waals surface area contributed by atoms with Crippen LogP contribution < -0.4 is 10.6 Å². The summed E-state index contributed by atoms with van der Waals surface area (Å²) in [6, 6.07) is 3.80. The van der Waals surface area contributed by atoms with Gasteiger partial charge in [0.05, 0.1) is 5.56 Å². The highest BCUT2D eigenvalue weighted by atomic mass is 19.4. The van der Waals surface area contributed by atoms with E-state index in [0.29, 0.717) is 26.2 Å². The first-order valence-electron chi connectivity index (χ1n) is 6.26. The molecule has 0 bridgehead atoms. The Morgan fingerprint density at radius 2 is 1.80 bits per heavy atom. The lowest BCUT2D eigenvalue weighted by Crippen LogP contribution is -2.48. The van der Waals surface area contributed by atoms with Crippen LogP contribution in [0.3, 0.4) is 0 Å². The molecule has 1 aliphatic rings. The van der Waals surface area contributed by atoms with Gasteiger partial charge in [-0.3, -0.25) is 4.79 Å². The lowest BCUT2D eigenvalue weighted by molar-refractivity contribution is -0.137. The Morgan fingerprint density at radius 3 is 2.30 bits per heavy atom. The van der Waals surface area contributed by atoms with Gasteiger partial charge >= 0.3 is 6.18 Å². The first-order valence-corrected chi connectivity index (χ1v) is 6.26. The van der Waals surface area contributed by atoms with E-state index in [1.807, 2.05) is 0 Å². The molecule has 2 rings (SSSR count). The standard InChI is InChI=1S/C13H16F3N3O/c1-9(20)18-4-6-19(7-5-18)12-3-2-10(17)8-11(12)13(14,15)16/h2-3,8H,4-7,17H2,1H3. The zero-order chi connectivity index (χ0) is 14.9. The van der Waals surface area contributed by atoms with Crippen LogP contribution in [-0.2, 0) is 11.0 Å². The fourth-order valence-electron chi connectivity index (χ4n) is 2.32. The van der Waals surface area contributed by atoms with Crippen LogP contribution in [0, 0.1) is 0 Å². The maximum Gasteiger partial charge on any atom is 0.418 e. The molecule has 1 aliphatic heterocycles. The summed E-state index contributed by atoms with van der Waals surface area (Å²) in [7, 11) is 0. The molecule has 110 valence electrons. The number of nitrogens with zero attached hydrogens (tertiary/aromatic N) is 2. The van der Waals surface area contributed by atoms with E-state index in [2.05, 4.69) is 0 Å². The lowest BCUT2D eigenvalue weighted by atomic mass is 10.1. The van der Waals surface area contributed by atoms with E-state index >= 15 is 0 Å². The molecule has 1 saturated heterocycles. The third-order valence-corrected chi connectivity index (χ3v) is 3.39. The minimum atomic E-state index is -4.44. The van der Waals surface area contributed by atoms with Crippen LogP contribution in [0.1, 0.15) is 12.5 Å². The molecule has 7 heteroatoms. The second-order valence-electron chi connectivity index (χ2n) is 4.77. The second kappa shape index (κ2) is 5.22. The van der Waals surface area contributed by atoms with Crippen molar-refractivity contribution in [1.82, 2.24) is 4.90 Å². The summed E-state index contributed by atoms with van der Waals surface area (Å²) in [5.74, 6) is -0.0574. The van der Waals surface area contributed by atoms with Crippen LogP contribution in [0.15, 0.2) is 18.2 Å². The molecule has 20 heavy (non-hydrogen) atoms. The molecule has 0 aliphatic carbocycles. The van der Waals surface area contributed by atoms with Crippen molar-refractivity contribution in [2.24, 2.45) is 0 Å². The summed E-state index contributed by atoms with van der Waals surface area (Å²) < 4.78 is 39.1. The van der Waals surface area contributed by atoms with Gasteiger partial charge in [0.1, 0.15) is 0 Å². The maximum absolute atomic E-state index is 13.0. The molecule has 1 aromatic rings. The number of piperazine rings is 1. The second-order valence-corrected chi connectivity index (χ2v) is 4.77. The zero-order valence-corrected chi connectivity index (χ0v) is 11.1. The largest absolute Gasteiger partial charge is 0.418 e. The molecule has 1 fully saturated rings. The first kappa shape index (κ1) is 14.5. The molecule has 0 saturated carbocycles. The van der Waals surface area contributed by atoms with Gasteiger partial charge in [-0.15, -0.1) is 0 Å². The van der Waals surface area contributed by atoms with Crippen LogP contribution >= 0.6 is 0 Å². The van der Waals surface area contributed by atoms with Crippen LogP contribution in [0.5, 0.6) is 0 Å². The van der Waals surface area contributed by atoms with E-state index in [-0.39, 0.29) is 17.3 Å². The molecule has 1 amide bonds. The van der Waals surface area contributed by atoms with E-state index in [4.69, 9.17) is 5.73 Å². The van der Waals surface area contributed by atoms with Gasteiger partial charge < -0.3 is 15.5 Å². The third-order valence-electron chi connectivity index (χ3n) is 3.39. The molecule has 2 N–H and O–H groups in total. The van der Waals surface area contributed by atoms with Gasteiger partial charge in [0, 0.05) is 44.5 Å². The van der Waals surface area contributed by atoms with E-state index in [9.17, 15) is 18.0 Å². The number of nitrogens with two attached hydrogens (primary N) is 1. The fourth-order valence-corrected chi connectivity index (χ4v) is 2.32. The predicted octanol–water partition coefficient (Wildman–Crippen LogP) is 1.96. The smallest absolute Gasteiger partial charge is 0.399 e. The molecule has 1 heterocycles. The van der Waals surface area contributed by atoms with E-state index in [1.54, 1.807) is 9.80 Å². The summed E-state index contributed by atoms with van der Waals surface area (Å²) in [6.45, 7) is 3.08. The van der Waals surface area contributed by atoms with Gasteiger partial charge in [0.25, 0.3) is 0 Å². The van der Waals surface area contributed by atoms with Gasteiger partial charge in [-0.25, -0.2) is 0 Å². The van der Waals surface area contributed by atoms with Gasteiger partial charge in [-0.2, -0.15) is 13.2 Å². The van der Waals surface area contributed by atoms with Crippen molar-refractivity contribution in [3.63, 3.8) is 0 Å². The maximum atomic E-state index is 13.0. The van der Waals surface area contributed by atoms with Crippen LogP contribution in [-0.4, -0.2) is 37.0 Å². The first-order chi connectivity index (χ1) is 9.29. The van der Waals surface area contributed by atoms with Crippen molar-refractivity contribution in [2.75, 3.05) is 36.8 Å². The summed E-state index contributed by atoms with van der Waals surface area (Å²) >= 11 is 0. The average molecular weight is 287 g/mol. The Labute approximate surface area is 114 Å². The van der Waals surface area contributed by atoms with Crippen LogP contribution in [0.4, 0.5) is 24.5 Å². The summed E-state index contributed by atoms with van der Waals surface area (Å²) in [4.78, 5) is 14.5. The molecular formula is C13H16F3N3O. The highest BCUT2D eigenvalue weighted by Crippen LogP contribution is 2.38. The topological polar surface area (TPSA) is 49.6 Å². The van der Waals surface area contributed by atoms with Gasteiger partial charge in [0.2, 0.25) is 5.91 Å². The SMILES string of the molecule is CC(=O)N1CCN(c2ccc(N)cc2C(F)(F)F)CC1. The molecule has 4 nitrogen and oxygen atoms in total. The molecular weight excluding hydrogens is 271 g/mol. The summed E-state index contributed by atoms with van der Waals surface area (Å²) in [5, 5.41) is 0. The monoisotopic (exact) mass is 287 g/mol. The fraction of sp³-hybridized carbons (Fsp3) is 0.462. The Balaban J connectivity index is 2.24. The highest BCUT2D eigenvalue weighted by molar-refractivity contribution is 5.73. The zero-order valence-electron chi connectivity index (χ0n) is 11.1.